The Bertz CT molecular complexity index is 515. The van der Waals surface area contributed by atoms with Gasteiger partial charge in [0.15, 0.2) is 0 Å². The molecule has 0 saturated heterocycles. The third-order valence-electron chi connectivity index (χ3n) is 3.65. The summed E-state index contributed by atoms with van der Waals surface area (Å²) in [5.41, 5.74) is 1.67. The smallest absolute Gasteiger partial charge is 0.296 e. The van der Waals surface area contributed by atoms with Crippen molar-refractivity contribution in [2.24, 2.45) is 5.14 Å². The number of rotatable bonds is 11. The molecule has 3 N–H and O–H groups in total. The Kier molecular flexibility index (Phi) is 10.9. The zero-order chi connectivity index (χ0) is 16.4. The molecule has 0 atom stereocenters. The zero-order valence-electron chi connectivity index (χ0n) is 13.7. The van der Waals surface area contributed by atoms with Crippen molar-refractivity contribution >= 4 is 15.9 Å². The van der Waals surface area contributed by atoms with Gasteiger partial charge in [-0.25, -0.2) is 5.14 Å². The van der Waals surface area contributed by atoms with Crippen molar-refractivity contribution in [1.82, 2.24) is 4.90 Å². The third-order valence-corrected chi connectivity index (χ3v) is 4.17. The SMILES string of the molecule is C.CCCCCCCN(CC)Cc1ccc(NS(N)(=O)=O)cc1. The lowest BCUT2D eigenvalue weighted by atomic mass is 10.1. The fourth-order valence-corrected chi connectivity index (χ4v) is 2.85. The third kappa shape index (κ3) is 10.3. The quantitative estimate of drug-likeness (QED) is 0.601. The number of benzene rings is 1. The number of unbranched alkanes of at least 4 members (excludes halogenated alkanes) is 4. The second-order valence-corrected chi connectivity index (χ2v) is 6.92. The molecule has 1 aromatic rings. The minimum absolute atomic E-state index is 0. The van der Waals surface area contributed by atoms with E-state index in [1.165, 1.54) is 37.7 Å². The van der Waals surface area contributed by atoms with Gasteiger partial charge in [0.25, 0.3) is 10.2 Å². The zero-order valence-corrected chi connectivity index (χ0v) is 14.5. The van der Waals surface area contributed by atoms with Crippen LogP contribution in [-0.4, -0.2) is 26.4 Å². The standard InChI is InChI=1S/C16H29N3O2S.CH4/c1-3-5-6-7-8-13-19(4-2)14-15-9-11-16(12-10-15)18-22(17,20)21;/h9-12,18H,3-8,13-14H2,1-2H3,(H2,17,20,21);1H4. The van der Waals surface area contributed by atoms with Gasteiger partial charge in [0.05, 0.1) is 0 Å². The molecular formula is C17H33N3O2S. The van der Waals surface area contributed by atoms with E-state index in [0.29, 0.717) is 5.69 Å². The van der Waals surface area contributed by atoms with Crippen LogP contribution in [0.2, 0.25) is 0 Å². The number of nitrogens with two attached hydrogens (primary N) is 1. The average Bonchev–Trinajstić information content (AvgIpc) is 2.46. The lowest BCUT2D eigenvalue weighted by molar-refractivity contribution is 0.272. The van der Waals surface area contributed by atoms with Gasteiger partial charge in [-0.15, -0.1) is 0 Å². The van der Waals surface area contributed by atoms with Crippen LogP contribution in [0, 0.1) is 0 Å². The lowest BCUT2D eigenvalue weighted by Gasteiger charge is -2.20. The molecule has 0 aromatic heterocycles. The van der Waals surface area contributed by atoms with E-state index in [1.54, 1.807) is 12.1 Å². The predicted octanol–water partition coefficient (Wildman–Crippen LogP) is 3.73. The molecular weight excluding hydrogens is 310 g/mol. The molecule has 0 aliphatic heterocycles. The summed E-state index contributed by atoms with van der Waals surface area (Å²) < 4.78 is 24.2. The normalized spacial score (nSPS) is 11.3. The lowest BCUT2D eigenvalue weighted by Crippen LogP contribution is -2.24. The fourth-order valence-electron chi connectivity index (χ4n) is 2.39. The van der Waals surface area contributed by atoms with Gasteiger partial charge in [-0.2, -0.15) is 8.42 Å². The summed E-state index contributed by atoms with van der Waals surface area (Å²) in [7, 11) is -3.70. The second kappa shape index (κ2) is 11.4. The van der Waals surface area contributed by atoms with Crippen LogP contribution in [-0.2, 0) is 16.8 Å². The van der Waals surface area contributed by atoms with Crippen molar-refractivity contribution in [2.75, 3.05) is 17.8 Å². The minimum Gasteiger partial charge on any atom is -0.299 e. The van der Waals surface area contributed by atoms with E-state index in [9.17, 15) is 8.42 Å². The van der Waals surface area contributed by atoms with Gasteiger partial charge in [-0.05, 0) is 37.2 Å². The highest BCUT2D eigenvalue weighted by atomic mass is 32.2. The molecule has 0 saturated carbocycles. The molecule has 134 valence electrons. The van der Waals surface area contributed by atoms with Crippen molar-refractivity contribution in [1.29, 1.82) is 0 Å². The van der Waals surface area contributed by atoms with Gasteiger partial charge in [0.1, 0.15) is 0 Å². The molecule has 0 amide bonds. The van der Waals surface area contributed by atoms with Crippen LogP contribution in [0.5, 0.6) is 0 Å². The van der Waals surface area contributed by atoms with Crippen molar-refractivity contribution < 1.29 is 8.42 Å². The minimum atomic E-state index is -3.70. The topological polar surface area (TPSA) is 75.4 Å². The first kappa shape index (κ1) is 21.9. The van der Waals surface area contributed by atoms with Gasteiger partial charge < -0.3 is 0 Å². The second-order valence-electron chi connectivity index (χ2n) is 5.63. The molecule has 0 unspecified atom stereocenters. The van der Waals surface area contributed by atoms with Gasteiger partial charge in [-0.1, -0.05) is 59.1 Å². The van der Waals surface area contributed by atoms with Crippen molar-refractivity contribution in [3.05, 3.63) is 29.8 Å². The maximum atomic E-state index is 11.0. The van der Waals surface area contributed by atoms with E-state index in [1.807, 2.05) is 12.1 Å². The Labute approximate surface area is 142 Å². The van der Waals surface area contributed by atoms with Crippen molar-refractivity contribution in [3.63, 3.8) is 0 Å². The number of anilines is 1. The highest BCUT2D eigenvalue weighted by Crippen LogP contribution is 2.13. The van der Waals surface area contributed by atoms with Gasteiger partial charge in [0, 0.05) is 12.2 Å². The van der Waals surface area contributed by atoms with Crippen molar-refractivity contribution in [2.45, 2.75) is 59.9 Å². The van der Waals surface area contributed by atoms with E-state index in [-0.39, 0.29) is 7.43 Å². The first-order valence-electron chi connectivity index (χ1n) is 8.06. The summed E-state index contributed by atoms with van der Waals surface area (Å²) >= 11 is 0. The Balaban J connectivity index is 0.00000484. The maximum Gasteiger partial charge on any atom is 0.296 e. The monoisotopic (exact) mass is 343 g/mol. The van der Waals surface area contributed by atoms with Crippen LogP contribution < -0.4 is 9.86 Å². The number of hydrogen-bond donors (Lipinski definition) is 2. The first-order valence-corrected chi connectivity index (χ1v) is 9.61. The molecule has 0 radical (unpaired) electrons. The van der Waals surface area contributed by atoms with Crippen molar-refractivity contribution in [3.8, 4) is 0 Å². The molecule has 0 aliphatic carbocycles. The highest BCUT2D eigenvalue weighted by Gasteiger charge is 2.05. The summed E-state index contributed by atoms with van der Waals surface area (Å²) in [5, 5.41) is 4.95. The van der Waals surface area contributed by atoms with E-state index in [2.05, 4.69) is 23.5 Å². The summed E-state index contributed by atoms with van der Waals surface area (Å²) in [6, 6.07) is 7.37. The predicted molar refractivity (Wildman–Crippen MR) is 99.6 cm³/mol. The molecule has 0 heterocycles. The Hall–Kier alpha value is -1.11. The maximum absolute atomic E-state index is 11.0. The van der Waals surface area contributed by atoms with Crippen LogP contribution in [0.25, 0.3) is 0 Å². The van der Waals surface area contributed by atoms with Gasteiger partial charge in [0.2, 0.25) is 0 Å². The Morgan fingerprint density at radius 1 is 1.04 bits per heavy atom. The van der Waals surface area contributed by atoms with E-state index in [4.69, 9.17) is 5.14 Å². The van der Waals surface area contributed by atoms with Gasteiger partial charge in [-0.3, -0.25) is 9.62 Å². The average molecular weight is 344 g/mol. The molecule has 0 spiro atoms. The molecule has 23 heavy (non-hydrogen) atoms. The van der Waals surface area contributed by atoms with E-state index in [0.717, 1.165) is 19.6 Å². The summed E-state index contributed by atoms with van der Waals surface area (Å²) in [6.45, 7) is 7.41. The molecule has 1 aromatic carbocycles. The molecule has 0 fully saturated rings. The largest absolute Gasteiger partial charge is 0.299 e. The fraction of sp³-hybridized carbons (Fsp3) is 0.647. The number of hydrogen-bond acceptors (Lipinski definition) is 3. The Morgan fingerprint density at radius 3 is 2.17 bits per heavy atom. The number of nitrogens with zero attached hydrogens (tertiary/aromatic N) is 1. The Morgan fingerprint density at radius 2 is 1.65 bits per heavy atom. The van der Waals surface area contributed by atoms with E-state index >= 15 is 0 Å². The summed E-state index contributed by atoms with van der Waals surface area (Å²) in [4.78, 5) is 2.41. The van der Waals surface area contributed by atoms with Crippen LogP contribution in [0.1, 0.15) is 58.9 Å². The van der Waals surface area contributed by atoms with Crippen LogP contribution in [0.15, 0.2) is 24.3 Å². The summed E-state index contributed by atoms with van der Waals surface area (Å²) in [5.74, 6) is 0. The molecule has 0 bridgehead atoms. The first-order chi connectivity index (χ1) is 10.4. The molecule has 5 nitrogen and oxygen atoms in total. The van der Waals surface area contributed by atoms with E-state index < -0.39 is 10.2 Å². The van der Waals surface area contributed by atoms with Crippen LogP contribution >= 0.6 is 0 Å². The molecule has 6 heteroatoms. The molecule has 0 aliphatic rings. The molecule has 1 rings (SSSR count). The number of nitrogens with one attached hydrogen (secondary N) is 1. The van der Waals surface area contributed by atoms with Crippen LogP contribution in [0.3, 0.4) is 0 Å². The van der Waals surface area contributed by atoms with Gasteiger partial charge >= 0.3 is 0 Å². The van der Waals surface area contributed by atoms with Crippen LogP contribution in [0.4, 0.5) is 5.69 Å². The highest BCUT2D eigenvalue weighted by molar-refractivity contribution is 7.90. The summed E-state index contributed by atoms with van der Waals surface area (Å²) in [6.07, 6.45) is 6.45.